The van der Waals surface area contributed by atoms with Crippen molar-refractivity contribution in [1.82, 2.24) is 20.1 Å². The van der Waals surface area contributed by atoms with Crippen molar-refractivity contribution >= 4 is 0 Å². The molecule has 1 saturated heterocycles. The molecule has 2 aromatic rings. The first-order chi connectivity index (χ1) is 10.1. The second-order valence-electron chi connectivity index (χ2n) is 6.04. The number of rotatable bonds is 3. The molecule has 5 heteroatoms. The van der Waals surface area contributed by atoms with Gasteiger partial charge in [-0.25, -0.2) is 0 Å². The Morgan fingerprint density at radius 2 is 1.95 bits per heavy atom. The molecule has 2 aromatic heterocycles. The molecule has 0 aromatic carbocycles. The van der Waals surface area contributed by atoms with Crippen LogP contribution in [0.5, 0.6) is 0 Å². The van der Waals surface area contributed by atoms with Crippen molar-refractivity contribution in [3.05, 3.63) is 29.9 Å². The average molecular weight is 286 g/mol. The highest BCUT2D eigenvalue weighted by molar-refractivity contribution is 5.50. The Balaban J connectivity index is 1.70. The Labute approximate surface area is 125 Å². The van der Waals surface area contributed by atoms with Crippen LogP contribution in [0.3, 0.4) is 0 Å². The summed E-state index contributed by atoms with van der Waals surface area (Å²) in [6, 6.07) is 4.55. The highest BCUT2D eigenvalue weighted by Gasteiger charge is 2.26. The van der Waals surface area contributed by atoms with Gasteiger partial charge >= 0.3 is 0 Å². The fourth-order valence-electron chi connectivity index (χ4n) is 2.77. The second-order valence-corrected chi connectivity index (χ2v) is 6.04. The van der Waals surface area contributed by atoms with E-state index in [9.17, 15) is 0 Å². The Hall–Kier alpha value is -1.75. The van der Waals surface area contributed by atoms with E-state index < -0.39 is 0 Å². The van der Waals surface area contributed by atoms with Crippen LogP contribution in [0, 0.1) is 6.92 Å². The predicted octanol–water partition coefficient (Wildman–Crippen LogP) is 3.03. The minimum Gasteiger partial charge on any atom is -0.420 e. The van der Waals surface area contributed by atoms with Gasteiger partial charge in [-0.3, -0.25) is 4.98 Å². The molecule has 0 saturated carbocycles. The van der Waals surface area contributed by atoms with Crippen molar-refractivity contribution in [3.63, 3.8) is 0 Å². The minimum absolute atomic E-state index is 0.389. The van der Waals surface area contributed by atoms with E-state index in [-0.39, 0.29) is 0 Å². The summed E-state index contributed by atoms with van der Waals surface area (Å²) in [7, 11) is 0. The van der Waals surface area contributed by atoms with Gasteiger partial charge in [0, 0.05) is 23.9 Å². The SMILES string of the molecule is Cc1ccc(-c2nnc(C3CCN(C(C)C)CC3)o2)cn1. The number of pyridine rings is 1. The van der Waals surface area contributed by atoms with E-state index in [4.69, 9.17) is 4.42 Å². The number of aromatic nitrogens is 3. The molecule has 0 aliphatic carbocycles. The van der Waals surface area contributed by atoms with E-state index in [1.807, 2.05) is 19.1 Å². The maximum atomic E-state index is 5.86. The van der Waals surface area contributed by atoms with Gasteiger partial charge in [-0.15, -0.1) is 10.2 Å². The third-order valence-electron chi connectivity index (χ3n) is 4.21. The van der Waals surface area contributed by atoms with E-state index in [0.717, 1.165) is 43.1 Å². The van der Waals surface area contributed by atoms with Gasteiger partial charge in [-0.05, 0) is 58.8 Å². The summed E-state index contributed by atoms with van der Waals surface area (Å²) < 4.78 is 5.86. The summed E-state index contributed by atoms with van der Waals surface area (Å²) in [6.45, 7) is 8.66. The summed E-state index contributed by atoms with van der Waals surface area (Å²) in [5, 5.41) is 8.42. The Morgan fingerprint density at radius 1 is 1.19 bits per heavy atom. The van der Waals surface area contributed by atoms with Gasteiger partial charge in [0.25, 0.3) is 0 Å². The normalized spacial score (nSPS) is 17.5. The maximum absolute atomic E-state index is 5.86. The van der Waals surface area contributed by atoms with Gasteiger partial charge in [0.2, 0.25) is 11.8 Å². The summed E-state index contributed by atoms with van der Waals surface area (Å²) in [5.41, 5.74) is 1.87. The zero-order chi connectivity index (χ0) is 14.8. The average Bonchev–Trinajstić information content (AvgIpc) is 2.98. The Kier molecular flexibility index (Phi) is 4.01. The molecule has 21 heavy (non-hydrogen) atoms. The molecule has 0 spiro atoms. The fourth-order valence-corrected chi connectivity index (χ4v) is 2.77. The van der Waals surface area contributed by atoms with E-state index in [2.05, 4.69) is 33.9 Å². The number of aryl methyl sites for hydroxylation is 1. The first kappa shape index (κ1) is 14.2. The van der Waals surface area contributed by atoms with Gasteiger partial charge in [0.15, 0.2) is 0 Å². The lowest BCUT2D eigenvalue weighted by molar-refractivity contribution is 0.163. The minimum atomic E-state index is 0.389. The van der Waals surface area contributed by atoms with Crippen LogP contribution in [-0.2, 0) is 0 Å². The number of hydrogen-bond acceptors (Lipinski definition) is 5. The maximum Gasteiger partial charge on any atom is 0.249 e. The molecular weight excluding hydrogens is 264 g/mol. The molecule has 1 aliphatic rings. The van der Waals surface area contributed by atoms with Crippen molar-refractivity contribution in [3.8, 4) is 11.5 Å². The number of likely N-dealkylation sites (tertiary alicyclic amines) is 1. The van der Waals surface area contributed by atoms with E-state index >= 15 is 0 Å². The van der Waals surface area contributed by atoms with Gasteiger partial charge in [-0.1, -0.05) is 0 Å². The van der Waals surface area contributed by atoms with Crippen LogP contribution in [-0.4, -0.2) is 39.2 Å². The third kappa shape index (κ3) is 3.13. The highest BCUT2D eigenvalue weighted by atomic mass is 16.4. The molecule has 0 amide bonds. The van der Waals surface area contributed by atoms with Crippen LogP contribution < -0.4 is 0 Å². The molecule has 0 bridgehead atoms. The predicted molar refractivity (Wildman–Crippen MR) is 81.0 cm³/mol. The summed E-state index contributed by atoms with van der Waals surface area (Å²) >= 11 is 0. The lowest BCUT2D eigenvalue weighted by Crippen LogP contribution is -2.37. The van der Waals surface area contributed by atoms with Gasteiger partial charge < -0.3 is 9.32 Å². The molecule has 112 valence electrons. The van der Waals surface area contributed by atoms with Gasteiger partial charge in [-0.2, -0.15) is 0 Å². The van der Waals surface area contributed by atoms with Crippen molar-refractivity contribution in [2.24, 2.45) is 0 Å². The van der Waals surface area contributed by atoms with Crippen molar-refractivity contribution < 1.29 is 4.42 Å². The topological polar surface area (TPSA) is 55.1 Å². The Bertz CT molecular complexity index is 583. The van der Waals surface area contributed by atoms with Crippen molar-refractivity contribution in [1.29, 1.82) is 0 Å². The van der Waals surface area contributed by atoms with Crippen LogP contribution in [0.1, 0.15) is 44.2 Å². The molecule has 0 radical (unpaired) electrons. The first-order valence-electron chi connectivity index (χ1n) is 7.64. The number of hydrogen-bond donors (Lipinski definition) is 0. The third-order valence-corrected chi connectivity index (χ3v) is 4.21. The molecule has 0 atom stereocenters. The Morgan fingerprint density at radius 3 is 2.57 bits per heavy atom. The first-order valence-corrected chi connectivity index (χ1v) is 7.64. The monoisotopic (exact) mass is 286 g/mol. The molecular formula is C16H22N4O. The second kappa shape index (κ2) is 5.93. The van der Waals surface area contributed by atoms with Crippen molar-refractivity contribution in [2.45, 2.75) is 45.6 Å². The standard InChI is InChI=1S/C16H22N4O/c1-11(2)20-8-6-13(7-9-20)15-18-19-16(21-15)14-5-4-12(3)17-10-14/h4-5,10-11,13H,6-9H2,1-3H3. The zero-order valence-electron chi connectivity index (χ0n) is 12.9. The van der Waals surface area contributed by atoms with Crippen LogP contribution in [0.25, 0.3) is 11.5 Å². The lowest BCUT2D eigenvalue weighted by Gasteiger charge is -2.33. The molecule has 5 nitrogen and oxygen atoms in total. The van der Waals surface area contributed by atoms with E-state index in [1.165, 1.54) is 0 Å². The molecule has 3 rings (SSSR count). The van der Waals surface area contributed by atoms with Crippen molar-refractivity contribution in [2.75, 3.05) is 13.1 Å². The number of piperidine rings is 1. The molecule has 0 unspecified atom stereocenters. The smallest absolute Gasteiger partial charge is 0.249 e. The molecule has 0 N–H and O–H groups in total. The summed E-state index contributed by atoms with van der Waals surface area (Å²) in [4.78, 5) is 6.77. The van der Waals surface area contributed by atoms with Crippen LogP contribution in [0.15, 0.2) is 22.7 Å². The summed E-state index contributed by atoms with van der Waals surface area (Å²) in [6.07, 6.45) is 3.96. The van der Waals surface area contributed by atoms with Crippen LogP contribution in [0.2, 0.25) is 0 Å². The lowest BCUT2D eigenvalue weighted by atomic mass is 9.96. The van der Waals surface area contributed by atoms with E-state index in [0.29, 0.717) is 17.9 Å². The molecule has 3 heterocycles. The number of nitrogens with zero attached hydrogens (tertiary/aromatic N) is 4. The zero-order valence-corrected chi connectivity index (χ0v) is 12.9. The van der Waals surface area contributed by atoms with E-state index in [1.54, 1.807) is 6.20 Å². The quantitative estimate of drug-likeness (QED) is 0.868. The fraction of sp³-hybridized carbons (Fsp3) is 0.562. The van der Waals surface area contributed by atoms with Gasteiger partial charge in [0.1, 0.15) is 0 Å². The molecule has 1 fully saturated rings. The van der Waals surface area contributed by atoms with Gasteiger partial charge in [0.05, 0.1) is 5.56 Å². The largest absolute Gasteiger partial charge is 0.420 e. The highest BCUT2D eigenvalue weighted by Crippen LogP contribution is 2.29. The molecule has 1 aliphatic heterocycles. The van der Waals surface area contributed by atoms with Crippen LogP contribution >= 0.6 is 0 Å². The van der Waals surface area contributed by atoms with Crippen LogP contribution in [0.4, 0.5) is 0 Å². The summed E-state index contributed by atoms with van der Waals surface area (Å²) in [5.74, 6) is 1.73.